The Morgan fingerprint density at radius 2 is 2.12 bits per heavy atom. The van der Waals surface area contributed by atoms with Crippen molar-refractivity contribution < 1.29 is 4.52 Å². The van der Waals surface area contributed by atoms with Crippen molar-refractivity contribution in [1.29, 1.82) is 0 Å². The fourth-order valence-electron chi connectivity index (χ4n) is 2.05. The van der Waals surface area contributed by atoms with E-state index in [4.69, 9.17) is 10.3 Å². The maximum Gasteiger partial charge on any atom is 0.229 e. The highest BCUT2D eigenvalue weighted by atomic mass is 32.2. The Bertz CT molecular complexity index is 321. The highest BCUT2D eigenvalue weighted by Crippen LogP contribution is 2.31. The van der Waals surface area contributed by atoms with Gasteiger partial charge in [0, 0.05) is 12.0 Å². The van der Waals surface area contributed by atoms with E-state index in [0.29, 0.717) is 12.0 Å². The van der Waals surface area contributed by atoms with Gasteiger partial charge in [-0.15, -0.1) is 0 Å². The molecule has 1 aromatic heterocycles. The topological polar surface area (TPSA) is 64.9 Å². The standard InChI is InChI=1S/C11H19N3OS/c1-2-16-7-10-13-11(15-14-10)8-3-5-9(12)6-4-8/h8-9H,2-7,12H2,1H3. The molecule has 0 aromatic carbocycles. The molecule has 4 nitrogen and oxygen atoms in total. The van der Waals surface area contributed by atoms with Crippen molar-refractivity contribution in [3.63, 3.8) is 0 Å². The van der Waals surface area contributed by atoms with Crippen LogP contribution in [0.15, 0.2) is 4.52 Å². The van der Waals surface area contributed by atoms with E-state index in [1.165, 1.54) is 0 Å². The minimum absolute atomic E-state index is 0.370. The molecule has 1 heterocycles. The van der Waals surface area contributed by atoms with E-state index in [-0.39, 0.29) is 0 Å². The first-order chi connectivity index (χ1) is 7.79. The van der Waals surface area contributed by atoms with Gasteiger partial charge in [-0.25, -0.2) is 0 Å². The first kappa shape index (κ1) is 11.9. The van der Waals surface area contributed by atoms with Crippen molar-refractivity contribution in [2.75, 3.05) is 5.75 Å². The SMILES string of the molecule is CCSCc1noc(C2CCC(N)CC2)n1. The van der Waals surface area contributed by atoms with Crippen molar-refractivity contribution in [3.05, 3.63) is 11.7 Å². The molecule has 90 valence electrons. The number of hydrogen-bond acceptors (Lipinski definition) is 5. The Balaban J connectivity index is 1.91. The molecule has 1 saturated carbocycles. The van der Waals surface area contributed by atoms with Gasteiger partial charge >= 0.3 is 0 Å². The van der Waals surface area contributed by atoms with Crippen LogP contribution in [0.1, 0.15) is 50.2 Å². The molecular weight excluding hydrogens is 222 g/mol. The fourth-order valence-corrected chi connectivity index (χ4v) is 2.56. The normalized spacial score (nSPS) is 25.9. The number of hydrogen-bond donors (Lipinski definition) is 1. The average Bonchev–Trinajstić information content (AvgIpc) is 2.76. The fraction of sp³-hybridized carbons (Fsp3) is 0.818. The van der Waals surface area contributed by atoms with Crippen LogP contribution in [-0.2, 0) is 5.75 Å². The molecular formula is C11H19N3OS. The second-order valence-corrected chi connectivity index (χ2v) is 5.57. The monoisotopic (exact) mass is 241 g/mol. The Hall–Kier alpha value is -0.550. The first-order valence-electron chi connectivity index (χ1n) is 5.95. The van der Waals surface area contributed by atoms with Crippen molar-refractivity contribution in [3.8, 4) is 0 Å². The molecule has 5 heteroatoms. The van der Waals surface area contributed by atoms with Crippen molar-refractivity contribution in [1.82, 2.24) is 10.1 Å². The third-order valence-corrected chi connectivity index (χ3v) is 3.91. The van der Waals surface area contributed by atoms with E-state index in [2.05, 4.69) is 17.1 Å². The summed E-state index contributed by atoms with van der Waals surface area (Å²) in [5.41, 5.74) is 5.88. The van der Waals surface area contributed by atoms with Gasteiger partial charge in [-0.1, -0.05) is 12.1 Å². The summed E-state index contributed by atoms with van der Waals surface area (Å²) in [7, 11) is 0. The average molecular weight is 241 g/mol. The van der Waals surface area contributed by atoms with Crippen LogP contribution in [0.4, 0.5) is 0 Å². The molecule has 2 rings (SSSR count). The molecule has 0 aliphatic heterocycles. The molecule has 0 radical (unpaired) electrons. The van der Waals surface area contributed by atoms with Gasteiger partial charge in [-0.3, -0.25) is 0 Å². The summed E-state index contributed by atoms with van der Waals surface area (Å²) in [6.45, 7) is 2.13. The summed E-state index contributed by atoms with van der Waals surface area (Å²) < 4.78 is 5.32. The minimum Gasteiger partial charge on any atom is -0.339 e. The molecule has 0 saturated heterocycles. The Kier molecular flexibility index (Phi) is 4.23. The molecule has 0 bridgehead atoms. The van der Waals surface area contributed by atoms with Crippen LogP contribution in [0.25, 0.3) is 0 Å². The summed E-state index contributed by atoms with van der Waals surface area (Å²) in [6.07, 6.45) is 4.33. The van der Waals surface area contributed by atoms with Crippen molar-refractivity contribution in [2.45, 2.75) is 50.3 Å². The summed E-state index contributed by atoms with van der Waals surface area (Å²) in [5.74, 6) is 4.02. The third kappa shape index (κ3) is 2.98. The number of aromatic nitrogens is 2. The van der Waals surface area contributed by atoms with Crippen LogP contribution >= 0.6 is 11.8 Å². The van der Waals surface area contributed by atoms with E-state index < -0.39 is 0 Å². The van der Waals surface area contributed by atoms with Crippen molar-refractivity contribution >= 4 is 11.8 Å². The second kappa shape index (κ2) is 5.68. The van der Waals surface area contributed by atoms with Gasteiger partial charge in [0.15, 0.2) is 5.82 Å². The van der Waals surface area contributed by atoms with Gasteiger partial charge < -0.3 is 10.3 Å². The zero-order chi connectivity index (χ0) is 11.4. The molecule has 16 heavy (non-hydrogen) atoms. The van der Waals surface area contributed by atoms with Gasteiger partial charge in [-0.05, 0) is 31.4 Å². The summed E-state index contributed by atoms with van der Waals surface area (Å²) in [6, 6.07) is 0.370. The van der Waals surface area contributed by atoms with Gasteiger partial charge in [0.2, 0.25) is 5.89 Å². The van der Waals surface area contributed by atoms with E-state index in [1.54, 1.807) is 0 Å². The lowest BCUT2D eigenvalue weighted by molar-refractivity contribution is 0.300. The Morgan fingerprint density at radius 3 is 2.81 bits per heavy atom. The summed E-state index contributed by atoms with van der Waals surface area (Å²) >= 11 is 1.82. The number of nitrogens with zero attached hydrogens (tertiary/aromatic N) is 2. The molecule has 0 atom stereocenters. The predicted molar refractivity (Wildman–Crippen MR) is 65.3 cm³/mol. The lowest BCUT2D eigenvalue weighted by atomic mass is 9.86. The molecule has 1 fully saturated rings. The quantitative estimate of drug-likeness (QED) is 0.876. The molecule has 1 aliphatic carbocycles. The zero-order valence-corrected chi connectivity index (χ0v) is 10.5. The lowest BCUT2D eigenvalue weighted by Gasteiger charge is -2.22. The molecule has 1 aliphatic rings. The molecule has 2 N–H and O–H groups in total. The number of rotatable bonds is 4. The number of nitrogens with two attached hydrogens (primary N) is 1. The van der Waals surface area contributed by atoms with Crippen LogP contribution in [-0.4, -0.2) is 21.9 Å². The van der Waals surface area contributed by atoms with E-state index in [0.717, 1.165) is 48.9 Å². The maximum absolute atomic E-state index is 5.88. The Morgan fingerprint density at radius 1 is 1.38 bits per heavy atom. The highest BCUT2D eigenvalue weighted by molar-refractivity contribution is 7.98. The smallest absolute Gasteiger partial charge is 0.229 e. The lowest BCUT2D eigenvalue weighted by Crippen LogP contribution is -2.25. The Labute approximate surface area is 100 Å². The van der Waals surface area contributed by atoms with E-state index in [9.17, 15) is 0 Å². The third-order valence-electron chi connectivity index (χ3n) is 3.04. The predicted octanol–water partition coefficient (Wildman–Crippen LogP) is 2.31. The second-order valence-electron chi connectivity index (χ2n) is 4.30. The highest BCUT2D eigenvalue weighted by Gasteiger charge is 2.24. The molecule has 0 spiro atoms. The van der Waals surface area contributed by atoms with Crippen LogP contribution < -0.4 is 5.73 Å². The van der Waals surface area contributed by atoms with Crippen LogP contribution in [0.3, 0.4) is 0 Å². The van der Waals surface area contributed by atoms with Gasteiger partial charge in [0.25, 0.3) is 0 Å². The minimum atomic E-state index is 0.370. The first-order valence-corrected chi connectivity index (χ1v) is 7.11. The molecule has 0 unspecified atom stereocenters. The summed E-state index contributed by atoms with van der Waals surface area (Å²) in [5, 5.41) is 4.01. The van der Waals surface area contributed by atoms with E-state index in [1.807, 2.05) is 11.8 Å². The molecule has 1 aromatic rings. The summed E-state index contributed by atoms with van der Waals surface area (Å²) in [4.78, 5) is 4.46. The van der Waals surface area contributed by atoms with Crippen molar-refractivity contribution in [2.24, 2.45) is 5.73 Å². The number of thioether (sulfide) groups is 1. The van der Waals surface area contributed by atoms with Gasteiger partial charge in [0.1, 0.15) is 0 Å². The van der Waals surface area contributed by atoms with Crippen LogP contribution in [0.5, 0.6) is 0 Å². The maximum atomic E-state index is 5.88. The van der Waals surface area contributed by atoms with Crippen LogP contribution in [0, 0.1) is 0 Å². The van der Waals surface area contributed by atoms with E-state index >= 15 is 0 Å². The molecule has 0 amide bonds. The zero-order valence-electron chi connectivity index (χ0n) is 9.69. The van der Waals surface area contributed by atoms with Gasteiger partial charge in [0.05, 0.1) is 5.75 Å². The largest absolute Gasteiger partial charge is 0.339 e. The van der Waals surface area contributed by atoms with Gasteiger partial charge in [-0.2, -0.15) is 16.7 Å². The van der Waals surface area contributed by atoms with Crippen LogP contribution in [0.2, 0.25) is 0 Å².